The number of hydrogen-bond acceptors (Lipinski definition) is 6. The Kier molecular flexibility index (Phi) is 5.42. The van der Waals surface area contributed by atoms with Gasteiger partial charge in [0.15, 0.2) is 0 Å². The Balaban J connectivity index is 1.71. The van der Waals surface area contributed by atoms with E-state index in [4.69, 9.17) is 11.6 Å². The predicted octanol–water partition coefficient (Wildman–Crippen LogP) is 2.41. The summed E-state index contributed by atoms with van der Waals surface area (Å²) in [7, 11) is 0. The van der Waals surface area contributed by atoms with E-state index in [1.54, 1.807) is 13.0 Å². The summed E-state index contributed by atoms with van der Waals surface area (Å²) in [6.07, 6.45) is 3.50. The molecule has 2 atom stereocenters. The summed E-state index contributed by atoms with van der Waals surface area (Å²) in [6.45, 7) is 2.97. The van der Waals surface area contributed by atoms with E-state index in [1.807, 2.05) is 24.3 Å². The molecule has 3 rings (SSSR count). The molecule has 1 aliphatic heterocycles. The van der Waals surface area contributed by atoms with Gasteiger partial charge in [0.25, 0.3) is 0 Å². The third-order valence-corrected chi connectivity index (χ3v) is 4.93. The van der Waals surface area contributed by atoms with Gasteiger partial charge in [-0.3, -0.25) is 0 Å². The number of nitrogens with zero attached hydrogens (tertiary/aromatic N) is 3. The molecule has 134 valence electrons. The zero-order valence-electron chi connectivity index (χ0n) is 14.2. The maximum atomic E-state index is 10.8. The van der Waals surface area contributed by atoms with Crippen molar-refractivity contribution in [3.63, 3.8) is 0 Å². The minimum atomic E-state index is -1.13. The molecular formula is C18H23ClN4O2. The average Bonchev–Trinajstić information content (AvgIpc) is 3.09. The van der Waals surface area contributed by atoms with Crippen LogP contribution in [0.3, 0.4) is 0 Å². The van der Waals surface area contributed by atoms with Crippen molar-refractivity contribution in [2.24, 2.45) is 0 Å². The van der Waals surface area contributed by atoms with Crippen LogP contribution < -0.4 is 10.2 Å². The lowest BCUT2D eigenvalue weighted by Crippen LogP contribution is -2.33. The molecule has 2 heterocycles. The van der Waals surface area contributed by atoms with Gasteiger partial charge in [-0.15, -0.1) is 0 Å². The first kappa shape index (κ1) is 17.9. The van der Waals surface area contributed by atoms with Gasteiger partial charge in [-0.2, -0.15) is 0 Å². The molecule has 1 aliphatic rings. The summed E-state index contributed by atoms with van der Waals surface area (Å²) < 4.78 is 0. The number of aromatic nitrogens is 2. The minimum absolute atomic E-state index is 0.106. The Morgan fingerprint density at radius 1 is 1.36 bits per heavy atom. The lowest BCUT2D eigenvalue weighted by molar-refractivity contribution is 0.0715. The molecule has 1 aromatic carbocycles. The van der Waals surface area contributed by atoms with Crippen LogP contribution >= 0.6 is 11.6 Å². The molecule has 2 aromatic rings. The molecule has 1 saturated heterocycles. The van der Waals surface area contributed by atoms with Gasteiger partial charge in [0.05, 0.1) is 12.6 Å². The highest BCUT2D eigenvalue weighted by Crippen LogP contribution is 2.29. The van der Waals surface area contributed by atoms with Crippen LogP contribution in [0.25, 0.3) is 0 Å². The molecule has 3 N–H and O–H groups in total. The van der Waals surface area contributed by atoms with Crippen LogP contribution in [0, 0.1) is 0 Å². The molecule has 1 fully saturated rings. The Labute approximate surface area is 152 Å². The van der Waals surface area contributed by atoms with Gasteiger partial charge in [0.2, 0.25) is 0 Å². The second kappa shape index (κ2) is 7.56. The predicted molar refractivity (Wildman–Crippen MR) is 99.0 cm³/mol. The summed E-state index contributed by atoms with van der Waals surface area (Å²) in [5.74, 6) is 1.41. The molecular weight excluding hydrogens is 340 g/mol. The standard InChI is InChI=1S/C18H23ClN4O2/c1-18(25,14-6-2-3-7-15(14)19)11-20-16-9-17(22-12-21-16)23-8-4-5-13(23)10-24/h2-3,6-7,9,12-13,24-25H,4-5,8,10-11H2,1H3,(H,20,21,22). The third kappa shape index (κ3) is 4.03. The Morgan fingerprint density at radius 2 is 2.16 bits per heavy atom. The third-order valence-electron chi connectivity index (χ3n) is 4.60. The normalized spacial score (nSPS) is 19.7. The molecule has 25 heavy (non-hydrogen) atoms. The first-order chi connectivity index (χ1) is 12.0. The van der Waals surface area contributed by atoms with Gasteiger partial charge in [-0.25, -0.2) is 9.97 Å². The van der Waals surface area contributed by atoms with Crippen LogP contribution in [0.4, 0.5) is 11.6 Å². The van der Waals surface area contributed by atoms with E-state index in [1.165, 1.54) is 6.33 Å². The topological polar surface area (TPSA) is 81.5 Å². The molecule has 1 aromatic heterocycles. The number of nitrogens with one attached hydrogen (secondary N) is 1. The molecule has 0 bridgehead atoms. The zero-order valence-corrected chi connectivity index (χ0v) is 14.9. The smallest absolute Gasteiger partial charge is 0.134 e. The molecule has 0 radical (unpaired) electrons. The summed E-state index contributed by atoms with van der Waals surface area (Å²) in [6, 6.07) is 9.20. The van der Waals surface area contributed by atoms with E-state index in [9.17, 15) is 10.2 Å². The zero-order chi connectivity index (χ0) is 17.9. The summed E-state index contributed by atoms with van der Waals surface area (Å²) >= 11 is 6.19. The van der Waals surface area contributed by atoms with Crippen molar-refractivity contribution in [3.05, 3.63) is 47.2 Å². The van der Waals surface area contributed by atoms with Crippen molar-refractivity contribution in [3.8, 4) is 0 Å². The van der Waals surface area contributed by atoms with E-state index < -0.39 is 5.60 Å². The summed E-state index contributed by atoms with van der Waals surface area (Å²) in [5, 5.41) is 23.9. The van der Waals surface area contributed by atoms with Crippen LogP contribution in [0.15, 0.2) is 36.7 Å². The molecule has 0 spiro atoms. The van der Waals surface area contributed by atoms with Gasteiger partial charge < -0.3 is 20.4 Å². The Bertz CT molecular complexity index is 726. The molecule has 6 nitrogen and oxygen atoms in total. The number of halogens is 1. The van der Waals surface area contributed by atoms with Crippen molar-refractivity contribution in [2.75, 3.05) is 29.9 Å². The minimum Gasteiger partial charge on any atom is -0.394 e. The SMILES string of the molecule is CC(O)(CNc1cc(N2CCCC2CO)ncn1)c1ccccc1Cl. The fraction of sp³-hybridized carbons (Fsp3) is 0.444. The van der Waals surface area contributed by atoms with E-state index in [0.717, 1.165) is 25.2 Å². The van der Waals surface area contributed by atoms with Crippen molar-refractivity contribution in [2.45, 2.75) is 31.4 Å². The largest absolute Gasteiger partial charge is 0.394 e. The second-order valence-corrected chi connectivity index (χ2v) is 6.95. The van der Waals surface area contributed by atoms with Crippen molar-refractivity contribution in [1.29, 1.82) is 0 Å². The van der Waals surface area contributed by atoms with Gasteiger partial charge in [0, 0.05) is 29.7 Å². The lowest BCUT2D eigenvalue weighted by atomic mass is 9.96. The van der Waals surface area contributed by atoms with Gasteiger partial charge in [0.1, 0.15) is 23.6 Å². The Hall–Kier alpha value is -1.89. The fourth-order valence-corrected chi connectivity index (χ4v) is 3.52. The molecule has 7 heteroatoms. The first-order valence-corrected chi connectivity index (χ1v) is 8.80. The number of anilines is 2. The van der Waals surface area contributed by atoms with Crippen LogP contribution in [-0.4, -0.2) is 45.9 Å². The van der Waals surface area contributed by atoms with Crippen LogP contribution in [-0.2, 0) is 5.60 Å². The van der Waals surface area contributed by atoms with Crippen molar-refractivity contribution < 1.29 is 10.2 Å². The highest BCUT2D eigenvalue weighted by molar-refractivity contribution is 6.31. The number of aliphatic hydroxyl groups excluding tert-OH is 1. The molecule has 0 amide bonds. The summed E-state index contributed by atoms with van der Waals surface area (Å²) in [4.78, 5) is 10.6. The Morgan fingerprint density at radius 3 is 2.92 bits per heavy atom. The molecule has 2 unspecified atom stereocenters. The van der Waals surface area contributed by atoms with E-state index >= 15 is 0 Å². The first-order valence-electron chi connectivity index (χ1n) is 8.42. The van der Waals surface area contributed by atoms with Crippen LogP contribution in [0.1, 0.15) is 25.3 Å². The molecule has 0 aliphatic carbocycles. The maximum Gasteiger partial charge on any atom is 0.134 e. The van der Waals surface area contributed by atoms with Crippen LogP contribution in [0.5, 0.6) is 0 Å². The van der Waals surface area contributed by atoms with Crippen LogP contribution in [0.2, 0.25) is 5.02 Å². The fourth-order valence-electron chi connectivity index (χ4n) is 3.18. The van der Waals surface area contributed by atoms with Gasteiger partial charge in [-0.05, 0) is 25.8 Å². The van der Waals surface area contributed by atoms with Gasteiger partial charge >= 0.3 is 0 Å². The number of rotatable bonds is 6. The number of benzene rings is 1. The quantitative estimate of drug-likeness (QED) is 0.732. The maximum absolute atomic E-state index is 10.8. The second-order valence-electron chi connectivity index (χ2n) is 6.54. The highest BCUT2D eigenvalue weighted by Gasteiger charge is 2.27. The van der Waals surface area contributed by atoms with E-state index in [-0.39, 0.29) is 19.2 Å². The van der Waals surface area contributed by atoms with E-state index in [0.29, 0.717) is 16.4 Å². The average molecular weight is 363 g/mol. The highest BCUT2D eigenvalue weighted by atomic mass is 35.5. The number of aliphatic hydroxyl groups is 2. The monoisotopic (exact) mass is 362 g/mol. The van der Waals surface area contributed by atoms with Crippen molar-refractivity contribution >= 4 is 23.2 Å². The molecule has 0 saturated carbocycles. The lowest BCUT2D eigenvalue weighted by Gasteiger charge is -2.26. The van der Waals surface area contributed by atoms with Gasteiger partial charge in [-0.1, -0.05) is 29.8 Å². The van der Waals surface area contributed by atoms with E-state index in [2.05, 4.69) is 20.2 Å². The summed E-state index contributed by atoms with van der Waals surface area (Å²) in [5.41, 5.74) is -0.469. The van der Waals surface area contributed by atoms with Crippen molar-refractivity contribution in [1.82, 2.24) is 9.97 Å². The number of hydrogen-bond donors (Lipinski definition) is 3.